The fourth-order valence-corrected chi connectivity index (χ4v) is 2.95. The van der Waals surface area contributed by atoms with Gasteiger partial charge in [-0.25, -0.2) is 0 Å². The molecule has 124 valence electrons. The Morgan fingerprint density at radius 1 is 1.08 bits per heavy atom. The number of hydrogen-bond donors (Lipinski definition) is 1. The molecule has 0 radical (unpaired) electrons. The molecule has 0 unspecified atom stereocenters. The average molecular weight is 322 g/mol. The Hall–Kier alpha value is -2.62. The fourth-order valence-electron chi connectivity index (χ4n) is 2.95. The molecule has 2 aromatic rings. The highest BCUT2D eigenvalue weighted by Crippen LogP contribution is 2.27. The Labute approximate surface area is 142 Å². The van der Waals surface area contributed by atoms with Crippen LogP contribution in [0.1, 0.15) is 32.3 Å². The van der Waals surface area contributed by atoms with E-state index in [1.54, 1.807) is 4.90 Å². The van der Waals surface area contributed by atoms with E-state index in [-0.39, 0.29) is 11.8 Å². The molecule has 1 fully saturated rings. The Bertz CT molecular complexity index is 753. The molecule has 1 saturated heterocycles. The topological polar surface area (TPSA) is 49.4 Å². The third-order valence-corrected chi connectivity index (χ3v) is 4.55. The Morgan fingerprint density at radius 3 is 2.50 bits per heavy atom. The van der Waals surface area contributed by atoms with E-state index in [9.17, 15) is 9.59 Å². The molecule has 3 rings (SSSR count). The quantitative estimate of drug-likeness (QED) is 0.932. The monoisotopic (exact) mass is 322 g/mol. The van der Waals surface area contributed by atoms with E-state index < -0.39 is 5.41 Å². The van der Waals surface area contributed by atoms with Crippen molar-refractivity contribution in [2.24, 2.45) is 0 Å². The summed E-state index contributed by atoms with van der Waals surface area (Å²) in [4.78, 5) is 26.4. The minimum atomic E-state index is -0.638. The molecule has 0 aromatic heterocycles. The molecule has 0 atom stereocenters. The van der Waals surface area contributed by atoms with E-state index >= 15 is 0 Å². The normalized spacial score (nSPS) is 14.8. The smallest absolute Gasteiger partial charge is 0.234 e. The SMILES string of the molecule is CC(C)(C(=O)Nc1cccc(N2CCCC2=O)c1)c1ccccc1. The van der Waals surface area contributed by atoms with Gasteiger partial charge in [0.1, 0.15) is 0 Å². The lowest BCUT2D eigenvalue weighted by Gasteiger charge is -2.24. The molecular weight excluding hydrogens is 300 g/mol. The van der Waals surface area contributed by atoms with Crippen LogP contribution in [0, 0.1) is 0 Å². The second-order valence-corrected chi connectivity index (χ2v) is 6.64. The van der Waals surface area contributed by atoms with Crippen LogP contribution in [0.15, 0.2) is 54.6 Å². The summed E-state index contributed by atoms with van der Waals surface area (Å²) < 4.78 is 0. The predicted octanol–water partition coefficient (Wildman–Crippen LogP) is 3.73. The van der Waals surface area contributed by atoms with Crippen LogP contribution in [0.25, 0.3) is 0 Å². The summed E-state index contributed by atoms with van der Waals surface area (Å²) in [7, 11) is 0. The number of carbonyl (C=O) groups excluding carboxylic acids is 2. The van der Waals surface area contributed by atoms with Crippen molar-refractivity contribution in [3.8, 4) is 0 Å². The Morgan fingerprint density at radius 2 is 1.83 bits per heavy atom. The number of anilines is 2. The van der Waals surface area contributed by atoms with Gasteiger partial charge in [0.05, 0.1) is 5.41 Å². The summed E-state index contributed by atoms with van der Waals surface area (Å²) >= 11 is 0. The molecule has 1 N–H and O–H groups in total. The average Bonchev–Trinajstić information content (AvgIpc) is 3.02. The van der Waals surface area contributed by atoms with Crippen LogP contribution in [-0.2, 0) is 15.0 Å². The van der Waals surface area contributed by atoms with E-state index in [0.717, 1.165) is 24.2 Å². The third-order valence-electron chi connectivity index (χ3n) is 4.55. The van der Waals surface area contributed by atoms with E-state index in [4.69, 9.17) is 0 Å². The van der Waals surface area contributed by atoms with E-state index in [1.165, 1.54) is 0 Å². The highest BCUT2D eigenvalue weighted by molar-refractivity contribution is 6.00. The molecule has 4 nitrogen and oxygen atoms in total. The van der Waals surface area contributed by atoms with Gasteiger partial charge in [-0.1, -0.05) is 36.4 Å². The van der Waals surface area contributed by atoms with Crippen LogP contribution < -0.4 is 10.2 Å². The number of amides is 2. The van der Waals surface area contributed by atoms with Crippen LogP contribution in [0.3, 0.4) is 0 Å². The third kappa shape index (κ3) is 3.18. The predicted molar refractivity (Wildman–Crippen MR) is 96.1 cm³/mol. The maximum atomic E-state index is 12.7. The van der Waals surface area contributed by atoms with E-state index in [0.29, 0.717) is 12.1 Å². The first kappa shape index (κ1) is 16.2. The molecule has 1 aliphatic rings. The van der Waals surface area contributed by atoms with Crippen LogP contribution in [-0.4, -0.2) is 18.4 Å². The summed E-state index contributed by atoms with van der Waals surface area (Å²) in [5, 5.41) is 2.98. The van der Waals surface area contributed by atoms with Crippen LogP contribution >= 0.6 is 0 Å². The lowest BCUT2D eigenvalue weighted by Crippen LogP contribution is -2.34. The maximum Gasteiger partial charge on any atom is 0.234 e. The van der Waals surface area contributed by atoms with Gasteiger partial charge in [-0.15, -0.1) is 0 Å². The first-order chi connectivity index (χ1) is 11.5. The second kappa shape index (κ2) is 6.48. The van der Waals surface area contributed by atoms with Crippen molar-refractivity contribution in [2.75, 3.05) is 16.8 Å². The number of carbonyl (C=O) groups is 2. The maximum absolute atomic E-state index is 12.7. The molecule has 1 heterocycles. The van der Waals surface area contributed by atoms with Gasteiger partial charge >= 0.3 is 0 Å². The number of nitrogens with zero attached hydrogens (tertiary/aromatic N) is 1. The van der Waals surface area contributed by atoms with Gasteiger partial charge in [-0.2, -0.15) is 0 Å². The number of benzene rings is 2. The highest BCUT2D eigenvalue weighted by atomic mass is 16.2. The van der Waals surface area contributed by atoms with Gasteiger partial charge in [0, 0.05) is 24.3 Å². The van der Waals surface area contributed by atoms with Crippen molar-refractivity contribution in [3.63, 3.8) is 0 Å². The first-order valence-electron chi connectivity index (χ1n) is 8.26. The number of rotatable bonds is 4. The molecular formula is C20H22N2O2. The van der Waals surface area contributed by atoms with Crippen molar-refractivity contribution in [1.82, 2.24) is 0 Å². The summed E-state index contributed by atoms with van der Waals surface area (Å²) in [6.07, 6.45) is 1.48. The first-order valence-corrected chi connectivity index (χ1v) is 8.26. The molecule has 2 amide bonds. The van der Waals surface area contributed by atoms with E-state index in [2.05, 4.69) is 5.32 Å². The lowest BCUT2D eigenvalue weighted by molar-refractivity contribution is -0.120. The second-order valence-electron chi connectivity index (χ2n) is 6.64. The van der Waals surface area contributed by atoms with Crippen molar-refractivity contribution in [2.45, 2.75) is 32.1 Å². The molecule has 0 saturated carbocycles. The molecule has 4 heteroatoms. The zero-order valence-electron chi connectivity index (χ0n) is 14.1. The minimum Gasteiger partial charge on any atom is -0.325 e. The van der Waals surface area contributed by atoms with Gasteiger partial charge in [-0.3, -0.25) is 9.59 Å². The highest BCUT2D eigenvalue weighted by Gasteiger charge is 2.30. The lowest BCUT2D eigenvalue weighted by atomic mass is 9.83. The fraction of sp³-hybridized carbons (Fsp3) is 0.300. The Balaban J connectivity index is 1.78. The molecule has 0 spiro atoms. The molecule has 24 heavy (non-hydrogen) atoms. The van der Waals surface area contributed by atoms with Crippen LogP contribution in [0.5, 0.6) is 0 Å². The van der Waals surface area contributed by atoms with Gasteiger partial charge in [0.25, 0.3) is 0 Å². The van der Waals surface area contributed by atoms with Gasteiger partial charge in [-0.05, 0) is 44.0 Å². The van der Waals surface area contributed by atoms with Crippen molar-refractivity contribution < 1.29 is 9.59 Å². The molecule has 0 aliphatic carbocycles. The van der Waals surface area contributed by atoms with Gasteiger partial charge < -0.3 is 10.2 Å². The van der Waals surface area contributed by atoms with Crippen LogP contribution in [0.4, 0.5) is 11.4 Å². The van der Waals surface area contributed by atoms with Crippen molar-refractivity contribution in [1.29, 1.82) is 0 Å². The number of hydrogen-bond acceptors (Lipinski definition) is 2. The summed E-state index contributed by atoms with van der Waals surface area (Å²) in [6, 6.07) is 17.2. The van der Waals surface area contributed by atoms with Gasteiger partial charge in [0.2, 0.25) is 11.8 Å². The van der Waals surface area contributed by atoms with E-state index in [1.807, 2.05) is 68.4 Å². The molecule has 0 bridgehead atoms. The van der Waals surface area contributed by atoms with Crippen molar-refractivity contribution in [3.05, 3.63) is 60.2 Å². The summed E-state index contributed by atoms with van der Waals surface area (Å²) in [6.45, 7) is 4.56. The summed E-state index contributed by atoms with van der Waals surface area (Å²) in [5.41, 5.74) is 1.88. The van der Waals surface area contributed by atoms with Crippen molar-refractivity contribution >= 4 is 23.2 Å². The largest absolute Gasteiger partial charge is 0.325 e. The minimum absolute atomic E-state index is 0.0707. The molecule has 2 aromatic carbocycles. The summed E-state index contributed by atoms with van der Waals surface area (Å²) in [5.74, 6) is 0.0710. The zero-order chi connectivity index (χ0) is 17.2. The Kier molecular flexibility index (Phi) is 4.38. The zero-order valence-corrected chi connectivity index (χ0v) is 14.1. The van der Waals surface area contributed by atoms with Gasteiger partial charge in [0.15, 0.2) is 0 Å². The standard InChI is InChI=1S/C20H22N2O2/c1-20(2,15-8-4-3-5-9-15)19(24)21-16-10-6-11-17(14-16)22-13-7-12-18(22)23/h3-6,8-11,14H,7,12-13H2,1-2H3,(H,21,24). The molecule has 1 aliphatic heterocycles. The number of nitrogens with one attached hydrogen (secondary N) is 1. The van der Waals surface area contributed by atoms with Crippen LogP contribution in [0.2, 0.25) is 0 Å².